The van der Waals surface area contributed by atoms with Crippen molar-refractivity contribution in [3.8, 4) is 0 Å². The molecule has 0 aliphatic heterocycles. The fourth-order valence-corrected chi connectivity index (χ4v) is 2.77. The van der Waals surface area contributed by atoms with Gasteiger partial charge in [-0.25, -0.2) is 4.98 Å². The lowest BCUT2D eigenvalue weighted by Crippen LogP contribution is -2.25. The van der Waals surface area contributed by atoms with Gasteiger partial charge in [0.2, 0.25) is 0 Å². The van der Waals surface area contributed by atoms with E-state index in [1.165, 1.54) is 25.7 Å². The minimum absolute atomic E-state index is 0.631. The molecule has 1 aromatic heterocycles. The topological polar surface area (TPSA) is 24.9 Å². The van der Waals surface area contributed by atoms with E-state index in [0.717, 1.165) is 24.6 Å². The molecule has 2 aliphatic carbocycles. The minimum atomic E-state index is 0.631. The molecule has 1 N–H and O–H groups in total. The van der Waals surface area contributed by atoms with Crippen LogP contribution in [0.1, 0.15) is 31.2 Å². The third-order valence-electron chi connectivity index (χ3n) is 3.96. The van der Waals surface area contributed by atoms with Gasteiger partial charge in [0.25, 0.3) is 0 Å². The smallest absolute Gasteiger partial charge is 0.133 e. The van der Waals surface area contributed by atoms with Crippen LogP contribution < -0.4 is 5.32 Å². The molecule has 0 spiro atoms. The van der Waals surface area contributed by atoms with Crippen LogP contribution in [0.25, 0.3) is 0 Å². The van der Waals surface area contributed by atoms with Gasteiger partial charge in [-0.3, -0.25) is 0 Å². The Balaban J connectivity index is 1.52. The van der Waals surface area contributed by atoms with Gasteiger partial charge in [0, 0.05) is 24.8 Å². The van der Waals surface area contributed by atoms with E-state index >= 15 is 0 Å². The zero-order valence-corrected chi connectivity index (χ0v) is 10.1. The lowest BCUT2D eigenvalue weighted by Gasteiger charge is -2.15. The molecule has 1 aromatic rings. The second-order valence-corrected chi connectivity index (χ2v) is 5.55. The molecule has 2 saturated carbocycles. The lowest BCUT2D eigenvalue weighted by atomic mass is 10.0. The Morgan fingerprint density at radius 1 is 1.44 bits per heavy atom. The normalized spacial score (nSPS) is 22.1. The van der Waals surface area contributed by atoms with Crippen molar-refractivity contribution in [3.05, 3.63) is 29.0 Å². The fraction of sp³-hybridized carbons (Fsp3) is 0.615. The number of rotatable bonds is 5. The summed E-state index contributed by atoms with van der Waals surface area (Å²) >= 11 is 6.01. The summed E-state index contributed by atoms with van der Waals surface area (Å²) in [5, 5.41) is 4.17. The van der Waals surface area contributed by atoms with Crippen molar-refractivity contribution in [3.63, 3.8) is 0 Å². The van der Waals surface area contributed by atoms with E-state index in [4.69, 9.17) is 11.6 Å². The summed E-state index contributed by atoms with van der Waals surface area (Å²) in [6.07, 6.45) is 7.49. The van der Waals surface area contributed by atoms with Crippen molar-refractivity contribution in [2.45, 2.75) is 32.2 Å². The Bertz CT molecular complexity index is 383. The largest absolute Gasteiger partial charge is 0.312 e. The zero-order valence-electron chi connectivity index (χ0n) is 9.38. The molecular formula is C13H17ClN2. The third-order valence-corrected chi connectivity index (χ3v) is 4.30. The maximum Gasteiger partial charge on any atom is 0.133 e. The number of pyridine rings is 1. The van der Waals surface area contributed by atoms with Gasteiger partial charge in [0.1, 0.15) is 5.15 Å². The molecule has 0 radical (unpaired) electrons. The second-order valence-electron chi connectivity index (χ2n) is 5.19. The highest BCUT2D eigenvalue weighted by molar-refractivity contribution is 6.30. The monoisotopic (exact) mass is 236 g/mol. The predicted molar refractivity (Wildman–Crippen MR) is 65.3 cm³/mol. The van der Waals surface area contributed by atoms with Gasteiger partial charge in [-0.15, -0.1) is 0 Å². The summed E-state index contributed by atoms with van der Waals surface area (Å²) in [6, 6.07) is 3.98. The van der Waals surface area contributed by atoms with E-state index in [2.05, 4.69) is 10.3 Å². The molecule has 16 heavy (non-hydrogen) atoms. The molecule has 86 valence electrons. The molecule has 1 heterocycles. The van der Waals surface area contributed by atoms with Gasteiger partial charge in [0.15, 0.2) is 0 Å². The van der Waals surface area contributed by atoms with Gasteiger partial charge >= 0.3 is 0 Å². The number of nitrogens with zero attached hydrogens (tertiary/aromatic N) is 1. The number of nitrogens with one attached hydrogen (secondary N) is 1. The number of aromatic nitrogens is 1. The van der Waals surface area contributed by atoms with Crippen LogP contribution in [-0.2, 0) is 6.54 Å². The molecule has 0 unspecified atom stereocenters. The van der Waals surface area contributed by atoms with Crippen molar-refractivity contribution in [1.82, 2.24) is 10.3 Å². The van der Waals surface area contributed by atoms with Crippen LogP contribution in [0.4, 0.5) is 0 Å². The number of hydrogen-bond donors (Lipinski definition) is 1. The van der Waals surface area contributed by atoms with Crippen LogP contribution in [0, 0.1) is 11.3 Å². The third kappa shape index (κ3) is 2.09. The fourth-order valence-electron chi connectivity index (χ4n) is 2.58. The predicted octanol–water partition coefficient (Wildman–Crippen LogP) is 3.01. The standard InChI is InChI=1S/C13H17ClN2/c14-12-10(2-1-7-16-12)8-15-9-13(5-6-13)11-3-4-11/h1-2,7,11,15H,3-6,8-9H2. The van der Waals surface area contributed by atoms with Crippen LogP contribution in [0.2, 0.25) is 5.15 Å². The summed E-state index contributed by atoms with van der Waals surface area (Å²) in [5.41, 5.74) is 1.77. The van der Waals surface area contributed by atoms with Crippen LogP contribution in [0.3, 0.4) is 0 Å². The Morgan fingerprint density at radius 2 is 2.25 bits per heavy atom. The van der Waals surface area contributed by atoms with Gasteiger partial charge < -0.3 is 5.32 Å². The molecule has 3 rings (SSSR count). The molecule has 0 amide bonds. The van der Waals surface area contributed by atoms with Crippen molar-refractivity contribution in [1.29, 1.82) is 0 Å². The molecule has 2 aliphatic rings. The summed E-state index contributed by atoms with van der Waals surface area (Å²) in [5.74, 6) is 1.02. The van der Waals surface area contributed by atoms with Gasteiger partial charge in [-0.05, 0) is 43.1 Å². The minimum Gasteiger partial charge on any atom is -0.312 e. The quantitative estimate of drug-likeness (QED) is 0.795. The van der Waals surface area contributed by atoms with Gasteiger partial charge in [-0.1, -0.05) is 17.7 Å². The Hall–Kier alpha value is -0.600. The molecule has 0 atom stereocenters. The Morgan fingerprint density at radius 3 is 2.88 bits per heavy atom. The van der Waals surface area contributed by atoms with Crippen molar-refractivity contribution < 1.29 is 0 Å². The SMILES string of the molecule is Clc1ncccc1CNCC1(C2CC2)CC1. The highest BCUT2D eigenvalue weighted by Crippen LogP contribution is 2.60. The van der Waals surface area contributed by atoms with Gasteiger partial charge in [0.05, 0.1) is 0 Å². The zero-order chi connectivity index (χ0) is 11.0. The molecule has 0 saturated heterocycles. The molecule has 3 heteroatoms. The van der Waals surface area contributed by atoms with Crippen molar-refractivity contribution in [2.24, 2.45) is 11.3 Å². The number of hydrogen-bond acceptors (Lipinski definition) is 2. The molecular weight excluding hydrogens is 220 g/mol. The van der Waals surface area contributed by atoms with Crippen molar-refractivity contribution in [2.75, 3.05) is 6.54 Å². The first kappa shape index (κ1) is 10.5. The summed E-state index contributed by atoms with van der Waals surface area (Å²) in [7, 11) is 0. The molecule has 2 nitrogen and oxygen atoms in total. The van der Waals surface area contributed by atoms with E-state index in [0.29, 0.717) is 10.6 Å². The summed E-state index contributed by atoms with van der Waals surface area (Å²) < 4.78 is 0. The number of halogens is 1. The van der Waals surface area contributed by atoms with Crippen LogP contribution >= 0.6 is 11.6 Å². The molecule has 0 bridgehead atoms. The van der Waals surface area contributed by atoms with Crippen molar-refractivity contribution >= 4 is 11.6 Å². The Kier molecular flexibility index (Phi) is 2.64. The first-order chi connectivity index (χ1) is 7.80. The highest BCUT2D eigenvalue weighted by atomic mass is 35.5. The summed E-state index contributed by atoms with van der Waals surface area (Å²) in [6.45, 7) is 2.00. The van der Waals surface area contributed by atoms with E-state index in [1.807, 2.05) is 12.1 Å². The highest BCUT2D eigenvalue weighted by Gasteiger charge is 2.53. The molecule has 0 aromatic carbocycles. The Labute approximate surface area is 101 Å². The first-order valence-corrected chi connectivity index (χ1v) is 6.48. The second kappa shape index (κ2) is 4.01. The lowest BCUT2D eigenvalue weighted by molar-refractivity contribution is 0.403. The van der Waals surface area contributed by atoms with E-state index in [-0.39, 0.29) is 0 Å². The molecule has 2 fully saturated rings. The van der Waals surface area contributed by atoms with Crippen LogP contribution in [-0.4, -0.2) is 11.5 Å². The summed E-state index contributed by atoms with van der Waals surface area (Å²) in [4.78, 5) is 4.08. The van der Waals surface area contributed by atoms with E-state index in [9.17, 15) is 0 Å². The van der Waals surface area contributed by atoms with Crippen LogP contribution in [0.5, 0.6) is 0 Å². The van der Waals surface area contributed by atoms with E-state index in [1.54, 1.807) is 6.20 Å². The first-order valence-electron chi connectivity index (χ1n) is 6.10. The average Bonchev–Trinajstić information content (AvgIpc) is 3.15. The maximum atomic E-state index is 6.01. The van der Waals surface area contributed by atoms with Crippen LogP contribution in [0.15, 0.2) is 18.3 Å². The van der Waals surface area contributed by atoms with E-state index < -0.39 is 0 Å². The van der Waals surface area contributed by atoms with Gasteiger partial charge in [-0.2, -0.15) is 0 Å². The average molecular weight is 237 g/mol. The maximum absolute atomic E-state index is 6.01.